The van der Waals surface area contributed by atoms with Crippen LogP contribution in [0.15, 0.2) is 12.7 Å². The molecular formula is C4H7BrO3. The fraction of sp³-hybridized carbons (Fsp3) is 0.250. The van der Waals surface area contributed by atoms with Gasteiger partial charge in [-0.25, -0.2) is 4.79 Å². The molecule has 0 heterocycles. The van der Waals surface area contributed by atoms with Crippen molar-refractivity contribution in [3.63, 3.8) is 0 Å². The molecule has 0 atom stereocenters. The molecule has 0 aromatic carbocycles. The quantitative estimate of drug-likeness (QED) is 0.481. The van der Waals surface area contributed by atoms with Crippen LogP contribution in [0.3, 0.4) is 0 Å². The number of allylic oxidation sites excluding steroid dienone is 1. The summed E-state index contributed by atoms with van der Waals surface area (Å²) in [6.45, 7) is 3.43. The summed E-state index contributed by atoms with van der Waals surface area (Å²) in [5.74, 6) is 0. The maximum Gasteiger partial charge on any atom is 0.503 e. The van der Waals surface area contributed by atoms with Crippen molar-refractivity contribution in [2.75, 3.05) is 5.33 Å². The lowest BCUT2D eigenvalue weighted by Crippen LogP contribution is -1.81. The van der Waals surface area contributed by atoms with E-state index >= 15 is 0 Å². The molecule has 0 rings (SSSR count). The van der Waals surface area contributed by atoms with E-state index < -0.39 is 6.16 Å². The van der Waals surface area contributed by atoms with E-state index in [0.29, 0.717) is 0 Å². The maximum atomic E-state index is 8.56. The third-order valence-corrected chi connectivity index (χ3v) is 0.567. The van der Waals surface area contributed by atoms with Gasteiger partial charge in [-0.15, -0.1) is 6.58 Å². The first-order valence-electron chi connectivity index (χ1n) is 1.74. The molecule has 3 nitrogen and oxygen atoms in total. The third-order valence-electron chi connectivity index (χ3n) is 0.109. The Morgan fingerprint density at radius 2 is 1.88 bits per heavy atom. The Hall–Kier alpha value is -0.510. The van der Waals surface area contributed by atoms with Gasteiger partial charge in [-0.1, -0.05) is 22.0 Å². The second-order valence-electron chi connectivity index (χ2n) is 0.726. The highest BCUT2D eigenvalue weighted by Gasteiger charge is 1.70. The molecule has 0 bridgehead atoms. The zero-order valence-corrected chi connectivity index (χ0v) is 5.76. The van der Waals surface area contributed by atoms with Crippen LogP contribution in [0.5, 0.6) is 0 Å². The van der Waals surface area contributed by atoms with Gasteiger partial charge in [0.15, 0.2) is 0 Å². The van der Waals surface area contributed by atoms with Crippen molar-refractivity contribution < 1.29 is 15.0 Å². The molecule has 8 heavy (non-hydrogen) atoms. The Labute approximate surface area is 55.8 Å². The van der Waals surface area contributed by atoms with Crippen LogP contribution in [0, 0.1) is 0 Å². The van der Waals surface area contributed by atoms with Gasteiger partial charge in [0, 0.05) is 5.33 Å². The number of hydrogen-bond donors (Lipinski definition) is 2. The highest BCUT2D eigenvalue weighted by Crippen LogP contribution is 1.73. The molecule has 4 heteroatoms. The number of carboxylic acid groups (broad SMARTS) is 2. The first kappa shape index (κ1) is 10.5. The number of hydrogen-bond acceptors (Lipinski definition) is 1. The summed E-state index contributed by atoms with van der Waals surface area (Å²) in [5, 5.41) is 14.8. The summed E-state index contributed by atoms with van der Waals surface area (Å²) in [6.07, 6.45) is -0.0417. The topological polar surface area (TPSA) is 57.5 Å². The Bertz CT molecular complexity index is 67.7. The van der Waals surface area contributed by atoms with Crippen LogP contribution in [0.4, 0.5) is 4.79 Å². The zero-order valence-electron chi connectivity index (χ0n) is 4.17. The molecule has 0 aliphatic carbocycles. The van der Waals surface area contributed by atoms with Gasteiger partial charge in [-0.2, -0.15) is 0 Å². The van der Waals surface area contributed by atoms with E-state index in [9.17, 15) is 0 Å². The number of rotatable bonds is 1. The second-order valence-corrected chi connectivity index (χ2v) is 1.37. The molecule has 0 unspecified atom stereocenters. The summed E-state index contributed by atoms with van der Waals surface area (Å²) < 4.78 is 0. The van der Waals surface area contributed by atoms with Crippen molar-refractivity contribution in [3.8, 4) is 0 Å². The molecular weight excluding hydrogens is 176 g/mol. The van der Waals surface area contributed by atoms with E-state index in [4.69, 9.17) is 15.0 Å². The normalized spacial score (nSPS) is 6.12. The van der Waals surface area contributed by atoms with Crippen LogP contribution in [0.1, 0.15) is 0 Å². The van der Waals surface area contributed by atoms with E-state index in [-0.39, 0.29) is 0 Å². The van der Waals surface area contributed by atoms with Crippen LogP contribution in [-0.4, -0.2) is 21.7 Å². The Kier molecular flexibility index (Phi) is 12.7. The lowest BCUT2D eigenvalue weighted by Gasteiger charge is -1.60. The van der Waals surface area contributed by atoms with Crippen molar-refractivity contribution in [1.29, 1.82) is 0 Å². The molecule has 0 amide bonds. The molecule has 0 saturated heterocycles. The number of halogens is 1. The van der Waals surface area contributed by atoms with E-state index in [1.165, 1.54) is 0 Å². The fourth-order valence-electron chi connectivity index (χ4n) is 0. The van der Waals surface area contributed by atoms with Gasteiger partial charge in [-0.3, -0.25) is 0 Å². The van der Waals surface area contributed by atoms with Gasteiger partial charge in [0.2, 0.25) is 0 Å². The number of alkyl halides is 1. The Morgan fingerprint density at radius 1 is 1.75 bits per heavy atom. The molecule has 0 aromatic heterocycles. The molecule has 2 N–H and O–H groups in total. The predicted molar refractivity (Wildman–Crippen MR) is 34.6 cm³/mol. The van der Waals surface area contributed by atoms with Gasteiger partial charge in [0.05, 0.1) is 0 Å². The largest absolute Gasteiger partial charge is 0.503 e. The van der Waals surface area contributed by atoms with Gasteiger partial charge in [-0.05, 0) is 0 Å². The summed E-state index contributed by atoms with van der Waals surface area (Å²) in [5.41, 5.74) is 0. The van der Waals surface area contributed by atoms with E-state index in [1.807, 2.05) is 0 Å². The van der Waals surface area contributed by atoms with Crippen LogP contribution in [0.2, 0.25) is 0 Å². The van der Waals surface area contributed by atoms with Crippen LogP contribution in [-0.2, 0) is 0 Å². The Balaban J connectivity index is 0. The van der Waals surface area contributed by atoms with E-state index in [2.05, 4.69) is 22.5 Å². The highest BCUT2D eigenvalue weighted by atomic mass is 79.9. The van der Waals surface area contributed by atoms with Crippen molar-refractivity contribution in [3.05, 3.63) is 12.7 Å². The minimum absolute atomic E-state index is 0.896. The predicted octanol–water partition coefficient (Wildman–Crippen LogP) is 1.79. The molecule has 0 spiro atoms. The molecule has 0 aliphatic heterocycles. The van der Waals surface area contributed by atoms with Crippen molar-refractivity contribution in [2.24, 2.45) is 0 Å². The van der Waals surface area contributed by atoms with E-state index in [0.717, 1.165) is 5.33 Å². The van der Waals surface area contributed by atoms with Crippen molar-refractivity contribution >= 4 is 22.1 Å². The van der Waals surface area contributed by atoms with Gasteiger partial charge >= 0.3 is 6.16 Å². The van der Waals surface area contributed by atoms with Crippen molar-refractivity contribution in [2.45, 2.75) is 0 Å². The lowest BCUT2D eigenvalue weighted by molar-refractivity contribution is 0.137. The smallest absolute Gasteiger partial charge is 0.450 e. The maximum absolute atomic E-state index is 8.56. The summed E-state index contributed by atoms with van der Waals surface area (Å²) in [7, 11) is 0. The SMILES string of the molecule is C=CCBr.O=C(O)O. The standard InChI is InChI=1S/C3H5Br.CH2O3/c1-2-3-4;2-1(3)4/h2H,1,3H2;(H2,2,3,4). The van der Waals surface area contributed by atoms with Crippen LogP contribution in [0.25, 0.3) is 0 Å². The highest BCUT2D eigenvalue weighted by molar-refractivity contribution is 9.09. The summed E-state index contributed by atoms with van der Waals surface area (Å²) in [4.78, 5) is 8.56. The Morgan fingerprint density at radius 3 is 1.88 bits per heavy atom. The van der Waals surface area contributed by atoms with Crippen LogP contribution >= 0.6 is 15.9 Å². The molecule has 0 aromatic rings. The monoisotopic (exact) mass is 182 g/mol. The van der Waals surface area contributed by atoms with Gasteiger partial charge in [0.25, 0.3) is 0 Å². The average molecular weight is 183 g/mol. The molecule has 0 aliphatic rings. The third kappa shape index (κ3) is 461. The first-order valence-corrected chi connectivity index (χ1v) is 2.86. The lowest BCUT2D eigenvalue weighted by atomic mass is 10.8. The van der Waals surface area contributed by atoms with Crippen molar-refractivity contribution in [1.82, 2.24) is 0 Å². The minimum Gasteiger partial charge on any atom is -0.450 e. The molecule has 0 radical (unpaired) electrons. The first-order chi connectivity index (χ1) is 3.65. The van der Waals surface area contributed by atoms with E-state index in [1.54, 1.807) is 6.08 Å². The molecule has 0 saturated carbocycles. The summed E-state index contributed by atoms with van der Waals surface area (Å²) >= 11 is 3.13. The van der Waals surface area contributed by atoms with Gasteiger partial charge < -0.3 is 10.2 Å². The fourth-order valence-corrected chi connectivity index (χ4v) is 0. The molecule has 0 fully saturated rings. The van der Waals surface area contributed by atoms with Gasteiger partial charge in [0.1, 0.15) is 0 Å². The summed E-state index contributed by atoms with van der Waals surface area (Å²) in [6, 6.07) is 0. The second kappa shape index (κ2) is 9.70. The molecule has 48 valence electrons. The average Bonchev–Trinajstić information content (AvgIpc) is 1.65. The number of carbonyl (C=O) groups is 1. The minimum atomic E-state index is -1.83. The zero-order chi connectivity index (χ0) is 6.99. The van der Waals surface area contributed by atoms with Crippen LogP contribution < -0.4 is 0 Å².